The first-order chi connectivity index (χ1) is 6.59. The second kappa shape index (κ2) is 4.66. The first-order valence-corrected chi connectivity index (χ1v) is 4.18. The molecule has 0 bridgehead atoms. The van der Waals surface area contributed by atoms with Crippen LogP contribution in [0.1, 0.15) is 24.4 Å². The molecule has 0 saturated carbocycles. The lowest BCUT2D eigenvalue weighted by atomic mass is 10.0. The molecule has 0 amide bonds. The number of pyridine rings is 1. The number of nitrogens with zero attached hydrogens (tertiary/aromatic N) is 1. The molecule has 76 valence electrons. The van der Waals surface area contributed by atoms with Crippen LogP contribution in [0.3, 0.4) is 0 Å². The van der Waals surface area contributed by atoms with E-state index in [0.717, 1.165) is 0 Å². The minimum absolute atomic E-state index is 0.0227. The lowest BCUT2D eigenvalue weighted by Gasteiger charge is -2.09. The Hall–Kier alpha value is -1.49. The zero-order chi connectivity index (χ0) is 10.6. The zero-order valence-electron chi connectivity index (χ0n) is 7.48. The van der Waals surface area contributed by atoms with E-state index in [1.54, 1.807) is 6.07 Å². The first kappa shape index (κ1) is 10.6. The van der Waals surface area contributed by atoms with Crippen molar-refractivity contribution in [2.24, 2.45) is 5.73 Å². The maximum Gasteiger partial charge on any atom is 0.303 e. The topological polar surface area (TPSA) is 76.2 Å². The summed E-state index contributed by atoms with van der Waals surface area (Å²) in [6.07, 6.45) is 1.58. The predicted octanol–water partition coefficient (Wildman–Crippen LogP) is 1.09. The van der Waals surface area contributed by atoms with Crippen LogP contribution in [0.5, 0.6) is 0 Å². The molecule has 0 spiro atoms. The molecule has 14 heavy (non-hydrogen) atoms. The van der Waals surface area contributed by atoms with E-state index in [-0.39, 0.29) is 6.42 Å². The molecule has 1 heterocycles. The van der Waals surface area contributed by atoms with Gasteiger partial charge in [0.2, 0.25) is 5.95 Å². The summed E-state index contributed by atoms with van der Waals surface area (Å²) in [5.41, 5.74) is 6.22. The van der Waals surface area contributed by atoms with Gasteiger partial charge in [0.25, 0.3) is 0 Å². The SMILES string of the molecule is N[C@@H](CCC(=O)O)c1ccnc(F)c1. The van der Waals surface area contributed by atoms with Gasteiger partial charge in [0.15, 0.2) is 0 Å². The molecule has 0 aliphatic heterocycles. The van der Waals surface area contributed by atoms with Crippen LogP contribution in [0, 0.1) is 5.95 Å². The van der Waals surface area contributed by atoms with Crippen molar-refractivity contribution >= 4 is 5.97 Å². The van der Waals surface area contributed by atoms with Crippen LogP contribution in [0.15, 0.2) is 18.3 Å². The van der Waals surface area contributed by atoms with Gasteiger partial charge in [-0.1, -0.05) is 0 Å². The van der Waals surface area contributed by atoms with Crippen LogP contribution in [0.2, 0.25) is 0 Å². The number of rotatable bonds is 4. The Morgan fingerprint density at radius 1 is 1.71 bits per heavy atom. The van der Waals surface area contributed by atoms with Gasteiger partial charge < -0.3 is 10.8 Å². The van der Waals surface area contributed by atoms with Crippen LogP contribution < -0.4 is 5.73 Å². The van der Waals surface area contributed by atoms with Crippen molar-refractivity contribution in [1.82, 2.24) is 4.98 Å². The third-order valence-electron chi connectivity index (χ3n) is 1.85. The second-order valence-electron chi connectivity index (χ2n) is 2.95. The molecule has 4 nitrogen and oxygen atoms in total. The summed E-state index contributed by atoms with van der Waals surface area (Å²) in [7, 11) is 0. The summed E-state index contributed by atoms with van der Waals surface area (Å²) in [6, 6.07) is 2.34. The van der Waals surface area contributed by atoms with E-state index in [1.165, 1.54) is 12.3 Å². The molecule has 3 N–H and O–H groups in total. The number of aliphatic carboxylic acids is 1. The largest absolute Gasteiger partial charge is 0.481 e. The summed E-state index contributed by atoms with van der Waals surface area (Å²) in [5, 5.41) is 8.42. The number of carboxylic acids is 1. The Balaban J connectivity index is 2.60. The van der Waals surface area contributed by atoms with Crippen molar-refractivity contribution < 1.29 is 14.3 Å². The van der Waals surface area contributed by atoms with E-state index in [0.29, 0.717) is 12.0 Å². The van der Waals surface area contributed by atoms with Crippen LogP contribution in [-0.4, -0.2) is 16.1 Å². The van der Waals surface area contributed by atoms with Gasteiger partial charge in [0.05, 0.1) is 0 Å². The highest BCUT2D eigenvalue weighted by Gasteiger charge is 2.09. The summed E-state index contributed by atoms with van der Waals surface area (Å²) in [4.78, 5) is 13.6. The van der Waals surface area contributed by atoms with E-state index in [9.17, 15) is 9.18 Å². The molecule has 0 aromatic carbocycles. The molecule has 1 rings (SSSR count). The smallest absolute Gasteiger partial charge is 0.303 e. The fraction of sp³-hybridized carbons (Fsp3) is 0.333. The molecule has 0 saturated heterocycles. The first-order valence-electron chi connectivity index (χ1n) is 4.18. The third-order valence-corrected chi connectivity index (χ3v) is 1.85. The summed E-state index contributed by atoms with van der Waals surface area (Å²) < 4.78 is 12.6. The summed E-state index contributed by atoms with van der Waals surface area (Å²) in [5.74, 6) is -1.51. The van der Waals surface area contributed by atoms with Gasteiger partial charge in [-0.2, -0.15) is 4.39 Å². The van der Waals surface area contributed by atoms with Gasteiger partial charge in [-0.3, -0.25) is 4.79 Å². The molecular weight excluding hydrogens is 187 g/mol. The number of aromatic nitrogens is 1. The molecule has 0 aliphatic rings. The highest BCUT2D eigenvalue weighted by Crippen LogP contribution is 2.15. The van der Waals surface area contributed by atoms with Gasteiger partial charge in [0, 0.05) is 18.7 Å². The molecule has 0 fully saturated rings. The van der Waals surface area contributed by atoms with Gasteiger partial charge >= 0.3 is 5.97 Å². The van der Waals surface area contributed by atoms with Gasteiger partial charge in [-0.05, 0) is 24.1 Å². The van der Waals surface area contributed by atoms with Crippen LogP contribution in [-0.2, 0) is 4.79 Å². The quantitative estimate of drug-likeness (QED) is 0.710. The van der Waals surface area contributed by atoms with Crippen molar-refractivity contribution in [3.8, 4) is 0 Å². The average molecular weight is 198 g/mol. The van der Waals surface area contributed by atoms with E-state index in [1.807, 2.05) is 0 Å². The highest BCUT2D eigenvalue weighted by atomic mass is 19.1. The standard InChI is InChI=1S/C9H11FN2O2/c10-8-5-6(3-4-12-8)7(11)1-2-9(13)14/h3-5,7H,1-2,11H2,(H,13,14)/t7-/m0/s1. The molecule has 0 unspecified atom stereocenters. The third kappa shape index (κ3) is 3.10. The van der Waals surface area contributed by atoms with Gasteiger partial charge in [0.1, 0.15) is 0 Å². The number of hydrogen-bond acceptors (Lipinski definition) is 3. The minimum atomic E-state index is -0.907. The number of hydrogen-bond donors (Lipinski definition) is 2. The number of carbonyl (C=O) groups is 1. The second-order valence-corrected chi connectivity index (χ2v) is 2.95. The monoisotopic (exact) mass is 198 g/mol. The Kier molecular flexibility index (Phi) is 3.53. The molecule has 1 aromatic rings. The van der Waals surface area contributed by atoms with E-state index in [4.69, 9.17) is 10.8 Å². The van der Waals surface area contributed by atoms with Crippen LogP contribution in [0.4, 0.5) is 4.39 Å². The lowest BCUT2D eigenvalue weighted by molar-refractivity contribution is -0.137. The highest BCUT2D eigenvalue weighted by molar-refractivity contribution is 5.66. The number of halogens is 1. The van der Waals surface area contributed by atoms with Gasteiger partial charge in [-0.25, -0.2) is 4.98 Å². The molecule has 1 aromatic heterocycles. The fourth-order valence-corrected chi connectivity index (χ4v) is 1.09. The van der Waals surface area contributed by atoms with E-state index < -0.39 is 18.0 Å². The molecular formula is C9H11FN2O2. The maximum atomic E-state index is 12.6. The molecule has 1 atom stereocenters. The van der Waals surface area contributed by atoms with Crippen molar-refractivity contribution in [1.29, 1.82) is 0 Å². The Morgan fingerprint density at radius 2 is 2.43 bits per heavy atom. The summed E-state index contributed by atoms with van der Waals surface area (Å²) >= 11 is 0. The van der Waals surface area contributed by atoms with E-state index >= 15 is 0 Å². The predicted molar refractivity (Wildman–Crippen MR) is 48.0 cm³/mol. The van der Waals surface area contributed by atoms with Crippen molar-refractivity contribution in [2.45, 2.75) is 18.9 Å². The zero-order valence-corrected chi connectivity index (χ0v) is 7.48. The normalized spacial score (nSPS) is 12.4. The average Bonchev–Trinajstić information content (AvgIpc) is 2.14. The molecule has 0 radical (unpaired) electrons. The van der Waals surface area contributed by atoms with Gasteiger partial charge in [-0.15, -0.1) is 0 Å². The van der Waals surface area contributed by atoms with Crippen LogP contribution in [0.25, 0.3) is 0 Å². The van der Waals surface area contributed by atoms with Crippen molar-refractivity contribution in [3.05, 3.63) is 29.8 Å². The van der Waals surface area contributed by atoms with Crippen molar-refractivity contribution in [2.75, 3.05) is 0 Å². The number of carboxylic acid groups (broad SMARTS) is 1. The Morgan fingerprint density at radius 3 is 3.00 bits per heavy atom. The maximum absolute atomic E-state index is 12.6. The van der Waals surface area contributed by atoms with E-state index in [2.05, 4.69) is 4.98 Å². The minimum Gasteiger partial charge on any atom is -0.481 e. The van der Waals surface area contributed by atoms with Crippen LogP contribution >= 0.6 is 0 Å². The summed E-state index contributed by atoms with van der Waals surface area (Å²) in [6.45, 7) is 0. The fourth-order valence-electron chi connectivity index (χ4n) is 1.09. The lowest BCUT2D eigenvalue weighted by Crippen LogP contribution is -2.12. The Labute approximate surface area is 80.6 Å². The molecule has 0 aliphatic carbocycles. The number of nitrogens with two attached hydrogens (primary N) is 1. The molecule has 5 heteroatoms. The van der Waals surface area contributed by atoms with Crippen molar-refractivity contribution in [3.63, 3.8) is 0 Å². The Bertz CT molecular complexity index is 330.